The zero-order valence-corrected chi connectivity index (χ0v) is 11.6. The van der Waals surface area contributed by atoms with Crippen LogP contribution in [0.5, 0.6) is 0 Å². The molecular weight excluding hydrogens is 214 g/mol. The number of carbonyl (C=O) groups excluding carboxylic acids is 1. The first-order valence-corrected chi connectivity index (χ1v) is 6.65. The van der Waals surface area contributed by atoms with Crippen LogP contribution in [-0.4, -0.2) is 41.5 Å². The molecule has 1 saturated heterocycles. The molecule has 1 amide bonds. The molecule has 1 fully saturated rings. The molecule has 0 saturated carbocycles. The molecule has 1 heterocycles. The fraction of sp³-hybridized carbons (Fsp3) is 0.923. The molecular formula is C13H27N3O. The zero-order chi connectivity index (χ0) is 13.1. The van der Waals surface area contributed by atoms with Gasteiger partial charge in [-0.2, -0.15) is 0 Å². The zero-order valence-electron chi connectivity index (χ0n) is 11.6. The fourth-order valence-electron chi connectivity index (χ4n) is 2.19. The molecule has 0 spiro atoms. The SMILES string of the molecule is CC[C@@H](N)C(=O)NC1CCN(C(C)(C)C)CC1. The van der Waals surface area contributed by atoms with Gasteiger partial charge in [-0.1, -0.05) is 6.92 Å². The van der Waals surface area contributed by atoms with Crippen molar-refractivity contribution < 1.29 is 4.79 Å². The molecule has 1 aliphatic heterocycles. The quantitative estimate of drug-likeness (QED) is 0.778. The van der Waals surface area contributed by atoms with E-state index >= 15 is 0 Å². The minimum absolute atomic E-state index is 0.00158. The number of nitrogens with one attached hydrogen (secondary N) is 1. The lowest BCUT2D eigenvalue weighted by atomic mass is 9.98. The number of likely N-dealkylation sites (tertiary alicyclic amines) is 1. The Hall–Kier alpha value is -0.610. The van der Waals surface area contributed by atoms with Gasteiger partial charge in [0.1, 0.15) is 0 Å². The molecule has 1 atom stereocenters. The first-order valence-electron chi connectivity index (χ1n) is 6.65. The maximum absolute atomic E-state index is 11.7. The fourth-order valence-corrected chi connectivity index (χ4v) is 2.19. The van der Waals surface area contributed by atoms with E-state index in [0.717, 1.165) is 25.9 Å². The van der Waals surface area contributed by atoms with Crippen molar-refractivity contribution in [3.63, 3.8) is 0 Å². The van der Waals surface area contributed by atoms with Gasteiger partial charge in [-0.25, -0.2) is 0 Å². The first kappa shape index (κ1) is 14.5. The number of rotatable bonds is 3. The lowest BCUT2D eigenvalue weighted by Gasteiger charge is -2.41. The van der Waals surface area contributed by atoms with Crippen LogP contribution < -0.4 is 11.1 Å². The van der Waals surface area contributed by atoms with E-state index in [1.165, 1.54) is 0 Å². The van der Waals surface area contributed by atoms with Gasteiger partial charge in [0, 0.05) is 24.7 Å². The first-order chi connectivity index (χ1) is 7.84. The molecule has 4 heteroatoms. The second-order valence-corrected chi connectivity index (χ2v) is 5.96. The summed E-state index contributed by atoms with van der Waals surface area (Å²) in [5.74, 6) is 0.00158. The predicted molar refractivity (Wildman–Crippen MR) is 70.8 cm³/mol. The molecule has 0 radical (unpaired) electrons. The largest absolute Gasteiger partial charge is 0.352 e. The number of piperidine rings is 1. The van der Waals surface area contributed by atoms with Gasteiger partial charge >= 0.3 is 0 Å². The smallest absolute Gasteiger partial charge is 0.237 e. The maximum Gasteiger partial charge on any atom is 0.237 e. The molecule has 1 rings (SSSR count). The van der Waals surface area contributed by atoms with E-state index in [4.69, 9.17) is 5.73 Å². The van der Waals surface area contributed by atoms with Crippen LogP contribution in [0.1, 0.15) is 47.0 Å². The molecule has 17 heavy (non-hydrogen) atoms. The monoisotopic (exact) mass is 241 g/mol. The van der Waals surface area contributed by atoms with Crippen molar-refractivity contribution in [3.05, 3.63) is 0 Å². The molecule has 0 aromatic rings. The summed E-state index contributed by atoms with van der Waals surface area (Å²) in [6.45, 7) is 10.7. The van der Waals surface area contributed by atoms with Gasteiger partial charge in [-0.05, 0) is 40.0 Å². The summed E-state index contributed by atoms with van der Waals surface area (Å²) >= 11 is 0. The minimum Gasteiger partial charge on any atom is -0.352 e. The maximum atomic E-state index is 11.7. The average Bonchev–Trinajstić information content (AvgIpc) is 2.27. The van der Waals surface area contributed by atoms with Crippen LogP contribution in [0.4, 0.5) is 0 Å². The lowest BCUT2D eigenvalue weighted by Crippen LogP contribution is -2.53. The molecule has 3 N–H and O–H groups in total. The Morgan fingerprint density at radius 1 is 1.41 bits per heavy atom. The number of hydrogen-bond acceptors (Lipinski definition) is 3. The Morgan fingerprint density at radius 2 is 1.94 bits per heavy atom. The number of carbonyl (C=O) groups is 1. The summed E-state index contributed by atoms with van der Waals surface area (Å²) in [4.78, 5) is 14.1. The highest BCUT2D eigenvalue weighted by Gasteiger charge is 2.28. The highest BCUT2D eigenvalue weighted by Crippen LogP contribution is 2.20. The summed E-state index contributed by atoms with van der Waals surface area (Å²) < 4.78 is 0. The van der Waals surface area contributed by atoms with Crippen molar-refractivity contribution in [2.45, 2.75) is 64.6 Å². The topological polar surface area (TPSA) is 58.4 Å². The van der Waals surface area contributed by atoms with Crippen LogP contribution in [0.3, 0.4) is 0 Å². The Kier molecular flexibility index (Phi) is 4.95. The van der Waals surface area contributed by atoms with Gasteiger partial charge in [0.2, 0.25) is 5.91 Å². The van der Waals surface area contributed by atoms with Gasteiger partial charge in [-0.15, -0.1) is 0 Å². The molecule has 100 valence electrons. The summed E-state index contributed by atoms with van der Waals surface area (Å²) in [6, 6.07) is -0.0469. The van der Waals surface area contributed by atoms with Crippen LogP contribution >= 0.6 is 0 Å². The van der Waals surface area contributed by atoms with E-state index < -0.39 is 0 Å². The van der Waals surface area contributed by atoms with Gasteiger partial charge in [-0.3, -0.25) is 9.69 Å². The van der Waals surface area contributed by atoms with Crippen LogP contribution in [0.2, 0.25) is 0 Å². The van der Waals surface area contributed by atoms with Crippen molar-refractivity contribution in [3.8, 4) is 0 Å². The van der Waals surface area contributed by atoms with Gasteiger partial charge in [0.25, 0.3) is 0 Å². The number of hydrogen-bond donors (Lipinski definition) is 2. The molecule has 0 aliphatic carbocycles. The summed E-state index contributed by atoms with van der Waals surface area (Å²) in [6.07, 6.45) is 2.76. The Balaban J connectivity index is 2.35. The molecule has 4 nitrogen and oxygen atoms in total. The summed E-state index contributed by atoms with van der Waals surface area (Å²) in [7, 11) is 0. The van der Waals surface area contributed by atoms with Crippen LogP contribution in [0.25, 0.3) is 0 Å². The summed E-state index contributed by atoms with van der Waals surface area (Å²) in [5.41, 5.74) is 5.94. The van der Waals surface area contributed by atoms with Crippen LogP contribution in [0.15, 0.2) is 0 Å². The van der Waals surface area contributed by atoms with E-state index in [9.17, 15) is 4.79 Å². The number of amides is 1. The van der Waals surface area contributed by atoms with Crippen molar-refractivity contribution >= 4 is 5.91 Å². The molecule has 0 unspecified atom stereocenters. The number of nitrogens with two attached hydrogens (primary N) is 1. The molecule has 1 aliphatic rings. The van der Waals surface area contributed by atoms with E-state index in [0.29, 0.717) is 12.5 Å². The van der Waals surface area contributed by atoms with E-state index in [1.807, 2.05) is 6.92 Å². The van der Waals surface area contributed by atoms with E-state index in [1.54, 1.807) is 0 Å². The van der Waals surface area contributed by atoms with Crippen LogP contribution in [-0.2, 0) is 4.79 Å². The van der Waals surface area contributed by atoms with E-state index in [2.05, 4.69) is 31.0 Å². The number of nitrogens with zero attached hydrogens (tertiary/aromatic N) is 1. The Labute approximate surface area is 105 Å². The Morgan fingerprint density at radius 3 is 2.35 bits per heavy atom. The third kappa shape index (κ3) is 4.28. The summed E-state index contributed by atoms with van der Waals surface area (Å²) in [5, 5.41) is 3.05. The Bertz CT molecular complexity index is 252. The van der Waals surface area contributed by atoms with Gasteiger partial charge in [0.15, 0.2) is 0 Å². The average molecular weight is 241 g/mol. The van der Waals surface area contributed by atoms with Gasteiger partial charge < -0.3 is 11.1 Å². The van der Waals surface area contributed by atoms with Crippen molar-refractivity contribution in [1.29, 1.82) is 0 Å². The van der Waals surface area contributed by atoms with Gasteiger partial charge in [0.05, 0.1) is 6.04 Å². The normalized spacial score (nSPS) is 21.2. The molecule has 0 aromatic heterocycles. The second-order valence-electron chi connectivity index (χ2n) is 5.96. The van der Waals surface area contributed by atoms with E-state index in [-0.39, 0.29) is 17.5 Å². The third-order valence-electron chi connectivity index (χ3n) is 3.57. The third-order valence-corrected chi connectivity index (χ3v) is 3.57. The minimum atomic E-state index is -0.351. The standard InChI is InChI=1S/C13H27N3O/c1-5-11(14)12(17)15-10-6-8-16(9-7-10)13(2,3)4/h10-11H,5-9,14H2,1-4H3,(H,15,17)/t11-/m1/s1. The lowest BCUT2D eigenvalue weighted by molar-refractivity contribution is -0.123. The van der Waals surface area contributed by atoms with Crippen LogP contribution in [0, 0.1) is 0 Å². The highest BCUT2D eigenvalue weighted by atomic mass is 16.2. The second kappa shape index (κ2) is 5.83. The molecule has 0 aromatic carbocycles. The van der Waals surface area contributed by atoms with Crippen molar-refractivity contribution in [2.24, 2.45) is 5.73 Å². The van der Waals surface area contributed by atoms with Crippen molar-refractivity contribution in [2.75, 3.05) is 13.1 Å². The predicted octanol–water partition coefficient (Wildman–Crippen LogP) is 1.10. The molecule has 0 bridgehead atoms. The van der Waals surface area contributed by atoms with Crippen molar-refractivity contribution in [1.82, 2.24) is 10.2 Å². The highest BCUT2D eigenvalue weighted by molar-refractivity contribution is 5.81.